The lowest BCUT2D eigenvalue weighted by Gasteiger charge is -2.23. The van der Waals surface area contributed by atoms with E-state index in [4.69, 9.17) is 4.18 Å². The number of hydrogen-bond acceptors (Lipinski definition) is 4. The maximum atomic E-state index is 12.7. The molecule has 150 valence electrons. The topological polar surface area (TPSA) is 63.7 Å². The first-order valence-corrected chi connectivity index (χ1v) is 10.9. The Kier molecular flexibility index (Phi) is 7.81. The van der Waals surface area contributed by atoms with Crippen molar-refractivity contribution in [2.45, 2.75) is 27.3 Å². The third-order valence-corrected chi connectivity index (χ3v) is 5.14. The van der Waals surface area contributed by atoms with Gasteiger partial charge in [-0.25, -0.2) is 0 Å². The molecular weight excluding hydrogens is 374 g/mol. The summed E-state index contributed by atoms with van der Waals surface area (Å²) in [6.45, 7) is 6.72. The van der Waals surface area contributed by atoms with Crippen LogP contribution >= 0.6 is 0 Å². The quantitative estimate of drug-likeness (QED) is 0.468. The second-order valence-corrected chi connectivity index (χ2v) is 8.79. The summed E-state index contributed by atoms with van der Waals surface area (Å²) in [6.07, 6.45) is 3.39. The van der Waals surface area contributed by atoms with Crippen molar-refractivity contribution >= 4 is 22.1 Å². The highest BCUT2D eigenvalue weighted by Gasteiger charge is 2.14. The van der Waals surface area contributed by atoms with Crippen molar-refractivity contribution in [2.75, 3.05) is 12.3 Å². The van der Waals surface area contributed by atoms with Crippen LogP contribution in [0.1, 0.15) is 31.9 Å². The summed E-state index contributed by atoms with van der Waals surface area (Å²) < 4.78 is 28.1. The maximum absolute atomic E-state index is 12.7. The summed E-state index contributed by atoms with van der Waals surface area (Å²) in [4.78, 5) is 14.5. The van der Waals surface area contributed by atoms with E-state index < -0.39 is 10.1 Å². The van der Waals surface area contributed by atoms with Gasteiger partial charge >= 0.3 is 10.1 Å². The Bertz CT molecular complexity index is 888. The lowest BCUT2D eigenvalue weighted by molar-refractivity contribution is -0.127. The molecule has 0 unspecified atom stereocenters. The number of carbonyl (C=O) groups excluding carboxylic acids is 1. The molecule has 0 saturated heterocycles. The highest BCUT2D eigenvalue weighted by Crippen LogP contribution is 2.17. The summed E-state index contributed by atoms with van der Waals surface area (Å²) in [7, 11) is -3.55. The normalized spacial score (nSPS) is 11.7. The zero-order chi connectivity index (χ0) is 20.6. The molecular formula is C22H27NO4S. The van der Waals surface area contributed by atoms with Gasteiger partial charge in [0.2, 0.25) is 5.91 Å². The maximum Gasteiger partial charge on any atom is 0.308 e. The van der Waals surface area contributed by atoms with Gasteiger partial charge in [0.05, 0.1) is 5.75 Å². The summed E-state index contributed by atoms with van der Waals surface area (Å²) in [5.41, 5.74) is 1.88. The molecule has 0 radical (unpaired) electrons. The van der Waals surface area contributed by atoms with Crippen LogP contribution in [0.25, 0.3) is 6.08 Å². The van der Waals surface area contributed by atoms with E-state index in [1.54, 1.807) is 35.2 Å². The Morgan fingerprint density at radius 2 is 1.71 bits per heavy atom. The van der Waals surface area contributed by atoms with E-state index in [0.717, 1.165) is 11.1 Å². The highest BCUT2D eigenvalue weighted by atomic mass is 32.2. The lowest BCUT2D eigenvalue weighted by Crippen LogP contribution is -2.32. The third-order valence-electron chi connectivity index (χ3n) is 3.99. The van der Waals surface area contributed by atoms with Gasteiger partial charge in [0.15, 0.2) is 0 Å². The van der Waals surface area contributed by atoms with Crippen molar-refractivity contribution in [2.24, 2.45) is 5.92 Å². The minimum Gasteiger partial charge on any atom is -0.382 e. The average Bonchev–Trinajstić information content (AvgIpc) is 2.67. The van der Waals surface area contributed by atoms with Gasteiger partial charge in [-0.1, -0.05) is 56.3 Å². The van der Waals surface area contributed by atoms with Crippen molar-refractivity contribution in [3.8, 4) is 5.75 Å². The molecule has 0 spiro atoms. The molecule has 0 aromatic heterocycles. The smallest absolute Gasteiger partial charge is 0.308 e. The molecule has 0 heterocycles. The Hall–Kier alpha value is -2.60. The molecule has 0 bridgehead atoms. The molecule has 2 aromatic rings. The molecule has 0 aliphatic heterocycles. The molecule has 0 aliphatic rings. The summed E-state index contributed by atoms with van der Waals surface area (Å²) >= 11 is 0. The number of benzene rings is 2. The first kappa shape index (κ1) is 21.7. The van der Waals surface area contributed by atoms with E-state index in [2.05, 4.69) is 13.8 Å². The van der Waals surface area contributed by atoms with Crippen LogP contribution in [0, 0.1) is 5.92 Å². The Balaban J connectivity index is 2.09. The van der Waals surface area contributed by atoms with Crippen LogP contribution in [0.3, 0.4) is 0 Å². The monoisotopic (exact) mass is 401 g/mol. The average molecular weight is 402 g/mol. The number of rotatable bonds is 9. The fourth-order valence-electron chi connectivity index (χ4n) is 2.59. The summed E-state index contributed by atoms with van der Waals surface area (Å²) in [6, 6.07) is 16.5. The van der Waals surface area contributed by atoms with Crippen LogP contribution in [0.4, 0.5) is 0 Å². The zero-order valence-corrected chi connectivity index (χ0v) is 17.4. The molecule has 0 atom stereocenters. The van der Waals surface area contributed by atoms with Gasteiger partial charge < -0.3 is 9.08 Å². The van der Waals surface area contributed by atoms with Crippen molar-refractivity contribution in [1.29, 1.82) is 0 Å². The molecule has 0 aliphatic carbocycles. The van der Waals surface area contributed by atoms with E-state index in [1.807, 2.05) is 36.4 Å². The van der Waals surface area contributed by atoms with Crippen LogP contribution in [0.5, 0.6) is 5.75 Å². The lowest BCUT2D eigenvalue weighted by atomic mass is 10.1. The van der Waals surface area contributed by atoms with Crippen LogP contribution in [0.15, 0.2) is 60.7 Å². The van der Waals surface area contributed by atoms with E-state index >= 15 is 0 Å². The minimum atomic E-state index is -3.55. The zero-order valence-electron chi connectivity index (χ0n) is 16.5. The van der Waals surface area contributed by atoms with E-state index in [1.165, 1.54) is 6.92 Å². The number of carbonyl (C=O) groups is 1. The highest BCUT2D eigenvalue weighted by molar-refractivity contribution is 7.87. The van der Waals surface area contributed by atoms with Crippen LogP contribution in [-0.2, 0) is 21.5 Å². The van der Waals surface area contributed by atoms with E-state index in [0.29, 0.717) is 19.0 Å². The second-order valence-electron chi connectivity index (χ2n) is 6.93. The van der Waals surface area contributed by atoms with Crippen LogP contribution < -0.4 is 4.18 Å². The van der Waals surface area contributed by atoms with Crippen molar-refractivity contribution in [3.05, 3.63) is 71.8 Å². The predicted octanol–water partition coefficient (Wildman–Crippen LogP) is 4.11. The Morgan fingerprint density at radius 3 is 2.29 bits per heavy atom. The molecule has 1 amide bonds. The fraction of sp³-hybridized carbons (Fsp3) is 0.318. The molecule has 2 rings (SSSR count). The third kappa shape index (κ3) is 7.19. The SMILES string of the molecule is CCS(=O)(=O)Oc1ccc(CN(CC(C)C)C(=O)/C=C/c2ccccc2)cc1. The van der Waals surface area contributed by atoms with Crippen LogP contribution in [0.2, 0.25) is 0 Å². The van der Waals surface area contributed by atoms with Gasteiger partial charge in [0, 0.05) is 19.2 Å². The van der Waals surface area contributed by atoms with Crippen molar-refractivity contribution in [1.82, 2.24) is 4.90 Å². The Labute approximate surface area is 167 Å². The summed E-state index contributed by atoms with van der Waals surface area (Å²) in [5, 5.41) is 0. The standard InChI is InChI=1S/C22H27NO4S/c1-4-28(25,26)27-21-13-10-20(11-14-21)17-23(16-18(2)3)22(24)15-12-19-8-6-5-7-9-19/h5-15,18H,4,16-17H2,1-3H3/b15-12+. The van der Waals surface area contributed by atoms with Gasteiger partial charge in [0.1, 0.15) is 5.75 Å². The first-order valence-electron chi connectivity index (χ1n) is 9.32. The second kappa shape index (κ2) is 10.1. The van der Waals surface area contributed by atoms with Gasteiger partial charge in [-0.3, -0.25) is 4.79 Å². The molecule has 28 heavy (non-hydrogen) atoms. The molecule has 0 saturated carbocycles. The summed E-state index contributed by atoms with van der Waals surface area (Å²) in [5.74, 6) is 0.452. The molecule has 0 N–H and O–H groups in total. The van der Waals surface area contributed by atoms with Crippen molar-refractivity contribution in [3.63, 3.8) is 0 Å². The molecule has 0 fully saturated rings. The van der Waals surface area contributed by atoms with Crippen molar-refractivity contribution < 1.29 is 17.4 Å². The van der Waals surface area contributed by atoms with E-state index in [-0.39, 0.29) is 17.4 Å². The number of hydrogen-bond donors (Lipinski definition) is 0. The predicted molar refractivity (Wildman–Crippen MR) is 112 cm³/mol. The molecule has 6 heteroatoms. The largest absolute Gasteiger partial charge is 0.382 e. The Morgan fingerprint density at radius 1 is 1.07 bits per heavy atom. The van der Waals surface area contributed by atoms with Gasteiger partial charge in [-0.2, -0.15) is 8.42 Å². The fourth-order valence-corrected chi connectivity index (χ4v) is 3.11. The molecule has 5 nitrogen and oxygen atoms in total. The van der Waals surface area contributed by atoms with Gasteiger partial charge in [-0.05, 0) is 42.2 Å². The van der Waals surface area contributed by atoms with Crippen LogP contribution in [-0.4, -0.2) is 31.5 Å². The van der Waals surface area contributed by atoms with Gasteiger partial charge in [0.25, 0.3) is 0 Å². The molecule has 2 aromatic carbocycles. The first-order chi connectivity index (χ1) is 13.3. The minimum absolute atomic E-state index is 0.0635. The number of amides is 1. The van der Waals surface area contributed by atoms with Gasteiger partial charge in [-0.15, -0.1) is 0 Å². The number of nitrogens with zero attached hydrogens (tertiary/aromatic N) is 1. The van der Waals surface area contributed by atoms with E-state index in [9.17, 15) is 13.2 Å².